The van der Waals surface area contributed by atoms with Gasteiger partial charge in [-0.2, -0.15) is 0 Å². The van der Waals surface area contributed by atoms with E-state index < -0.39 is 11.7 Å². The van der Waals surface area contributed by atoms with Crippen molar-refractivity contribution >= 4 is 38.9 Å². The fraction of sp³-hybridized carbons (Fsp3) is 0.250. The van der Waals surface area contributed by atoms with Crippen molar-refractivity contribution < 1.29 is 14.3 Å². The standard InChI is InChI=1S/C32H35AsN4O3/c1-32(2,3)40-31(39)34-21-29(38)35-26-17-15-23(16-18-26)28-20-27(14-7-11-22-9-5-4-6-10-22)36-30(37-28)24-12-8-13-25(33)19-24/h4-6,8-10,12-13,15-20H,7,11,14,21,33H2,1-3H3,(H,34,39)(H,35,38). The molecule has 3 aromatic carbocycles. The van der Waals surface area contributed by atoms with E-state index in [4.69, 9.17) is 14.7 Å². The Morgan fingerprint density at radius 3 is 2.30 bits per heavy atom. The number of anilines is 1. The molecule has 0 aliphatic rings. The Bertz CT molecular complexity index is 1450. The number of aryl methyl sites for hydroxylation is 2. The van der Waals surface area contributed by atoms with Crippen molar-refractivity contribution in [3.05, 3.63) is 96.2 Å². The van der Waals surface area contributed by atoms with Gasteiger partial charge >= 0.3 is 186 Å². The molecule has 0 saturated carbocycles. The first-order valence-corrected chi connectivity index (χ1v) is 14.5. The van der Waals surface area contributed by atoms with Gasteiger partial charge in [-0.25, -0.2) is 4.79 Å². The predicted octanol–water partition coefficient (Wildman–Crippen LogP) is 4.71. The number of carbonyl (C=O) groups is 2. The molecule has 0 bridgehead atoms. The molecule has 1 unspecified atom stereocenters. The fourth-order valence-corrected chi connectivity index (χ4v) is 4.70. The van der Waals surface area contributed by atoms with Gasteiger partial charge in [0.1, 0.15) is 12.1 Å². The molecule has 2 N–H and O–H groups in total. The number of amides is 2. The van der Waals surface area contributed by atoms with Crippen LogP contribution in [0.25, 0.3) is 22.6 Å². The normalized spacial score (nSPS) is 11.1. The van der Waals surface area contributed by atoms with Gasteiger partial charge in [0.2, 0.25) is 0 Å². The zero-order valence-electron chi connectivity index (χ0n) is 23.1. The average molecular weight is 599 g/mol. The fourth-order valence-electron chi connectivity index (χ4n) is 4.09. The summed E-state index contributed by atoms with van der Waals surface area (Å²) in [6.07, 6.45) is 2.18. The topological polar surface area (TPSA) is 93.2 Å². The molecule has 8 heteroatoms. The molecule has 0 saturated heterocycles. The van der Waals surface area contributed by atoms with Crippen LogP contribution in [0, 0.1) is 0 Å². The van der Waals surface area contributed by atoms with Crippen LogP contribution < -0.4 is 15.0 Å². The molecule has 40 heavy (non-hydrogen) atoms. The van der Waals surface area contributed by atoms with Crippen LogP contribution in [0.1, 0.15) is 38.4 Å². The van der Waals surface area contributed by atoms with Gasteiger partial charge in [0.15, 0.2) is 0 Å². The van der Waals surface area contributed by atoms with E-state index in [0.29, 0.717) is 11.5 Å². The van der Waals surface area contributed by atoms with Gasteiger partial charge in [-0.15, -0.1) is 0 Å². The maximum absolute atomic E-state index is 12.3. The molecule has 7 nitrogen and oxygen atoms in total. The summed E-state index contributed by atoms with van der Waals surface area (Å²) >= 11 is 1.56. The quantitative estimate of drug-likeness (QED) is 0.273. The number of hydrogen-bond donors (Lipinski definition) is 2. The molecule has 1 aromatic heterocycles. The molecule has 1 heterocycles. The SMILES string of the molecule is CC(C)(C)OC(=O)NCC(=O)Nc1ccc(-c2cc(CCCc3ccccc3)nc(-c3cccc([AsH2])c3)n2)cc1. The Kier molecular flexibility index (Phi) is 9.73. The molecule has 4 rings (SSSR count). The van der Waals surface area contributed by atoms with Crippen LogP contribution in [0.2, 0.25) is 0 Å². The number of nitrogens with zero attached hydrogens (tertiary/aromatic N) is 2. The number of alkyl carbamates (subject to hydrolysis) is 1. The van der Waals surface area contributed by atoms with Gasteiger partial charge in [0.25, 0.3) is 0 Å². The number of carbonyl (C=O) groups excluding carboxylic acids is 2. The Labute approximate surface area is 244 Å². The average Bonchev–Trinajstić information content (AvgIpc) is 2.92. The van der Waals surface area contributed by atoms with E-state index in [-0.39, 0.29) is 12.5 Å². The Morgan fingerprint density at radius 2 is 1.60 bits per heavy atom. The molecule has 4 aromatic rings. The van der Waals surface area contributed by atoms with E-state index in [1.54, 1.807) is 37.6 Å². The second kappa shape index (κ2) is 13.4. The van der Waals surface area contributed by atoms with E-state index in [2.05, 4.69) is 47.0 Å². The van der Waals surface area contributed by atoms with Crippen LogP contribution >= 0.6 is 0 Å². The number of rotatable bonds is 9. The van der Waals surface area contributed by atoms with Gasteiger partial charge < -0.3 is 10.1 Å². The molecule has 0 fully saturated rings. The monoisotopic (exact) mass is 598 g/mol. The van der Waals surface area contributed by atoms with E-state index in [0.717, 1.165) is 41.8 Å². The molecule has 1 atom stereocenters. The van der Waals surface area contributed by atoms with Crippen LogP contribution in [0.4, 0.5) is 10.5 Å². The van der Waals surface area contributed by atoms with Crippen molar-refractivity contribution in [3.8, 4) is 22.6 Å². The van der Waals surface area contributed by atoms with Crippen molar-refractivity contribution in [1.82, 2.24) is 15.3 Å². The summed E-state index contributed by atoms with van der Waals surface area (Å²) in [6.45, 7) is 5.12. The van der Waals surface area contributed by atoms with Crippen molar-refractivity contribution in [1.29, 1.82) is 0 Å². The molecular formula is C32H35AsN4O3. The molecular weight excluding hydrogens is 563 g/mol. The minimum absolute atomic E-state index is 0.184. The van der Waals surface area contributed by atoms with Crippen molar-refractivity contribution in [2.45, 2.75) is 45.6 Å². The first kappa shape index (κ1) is 29.0. The van der Waals surface area contributed by atoms with Gasteiger partial charge in [-0.05, 0) is 20.8 Å². The molecule has 0 spiro atoms. The van der Waals surface area contributed by atoms with E-state index in [9.17, 15) is 9.59 Å². The van der Waals surface area contributed by atoms with E-state index in [1.807, 2.05) is 48.5 Å². The van der Waals surface area contributed by atoms with Gasteiger partial charge in [-0.1, -0.05) is 6.07 Å². The molecule has 206 valence electrons. The van der Waals surface area contributed by atoms with E-state index in [1.165, 1.54) is 9.91 Å². The predicted molar refractivity (Wildman–Crippen MR) is 162 cm³/mol. The summed E-state index contributed by atoms with van der Waals surface area (Å²) in [7, 11) is 0. The van der Waals surface area contributed by atoms with Crippen LogP contribution in [0.15, 0.2) is 84.9 Å². The Balaban J connectivity index is 1.47. The summed E-state index contributed by atoms with van der Waals surface area (Å²) in [5, 5.41) is 5.26. The van der Waals surface area contributed by atoms with Crippen molar-refractivity contribution in [3.63, 3.8) is 0 Å². The third kappa shape index (κ3) is 9.06. The van der Waals surface area contributed by atoms with Crippen LogP contribution in [-0.4, -0.2) is 51.0 Å². The van der Waals surface area contributed by atoms with Crippen molar-refractivity contribution in [2.75, 3.05) is 11.9 Å². The maximum atomic E-state index is 12.3. The van der Waals surface area contributed by atoms with Crippen molar-refractivity contribution in [2.24, 2.45) is 0 Å². The molecule has 0 aliphatic heterocycles. The molecule has 2 amide bonds. The summed E-state index contributed by atoms with van der Waals surface area (Å²) in [5.41, 5.74) is 5.06. The molecule has 0 aliphatic carbocycles. The Morgan fingerprint density at radius 1 is 0.850 bits per heavy atom. The van der Waals surface area contributed by atoms with Gasteiger partial charge in [0.05, 0.1) is 0 Å². The zero-order valence-corrected chi connectivity index (χ0v) is 25.5. The second-order valence-corrected chi connectivity index (χ2v) is 11.9. The van der Waals surface area contributed by atoms with E-state index >= 15 is 0 Å². The summed E-state index contributed by atoms with van der Waals surface area (Å²) in [5.74, 6) is 0.363. The van der Waals surface area contributed by atoms with Crippen LogP contribution in [0.5, 0.6) is 0 Å². The first-order chi connectivity index (χ1) is 19.1. The first-order valence-electron chi connectivity index (χ1n) is 13.3. The second-order valence-electron chi connectivity index (χ2n) is 10.5. The third-order valence-electron chi connectivity index (χ3n) is 5.92. The summed E-state index contributed by atoms with van der Waals surface area (Å²) in [4.78, 5) is 33.9. The number of nitrogens with one attached hydrogen (secondary N) is 2. The Hall–Kier alpha value is -3.96. The number of benzene rings is 3. The number of aromatic nitrogens is 2. The number of hydrogen-bond acceptors (Lipinski definition) is 5. The minimum atomic E-state index is -0.633. The van der Waals surface area contributed by atoms with Gasteiger partial charge in [-0.3, -0.25) is 4.79 Å². The zero-order chi connectivity index (χ0) is 28.5. The molecule has 0 radical (unpaired) electrons. The van der Waals surface area contributed by atoms with Gasteiger partial charge in [0, 0.05) is 0 Å². The number of ether oxygens (including phenoxy) is 1. The summed E-state index contributed by atoms with van der Waals surface area (Å²) < 4.78 is 6.38. The third-order valence-corrected chi connectivity index (χ3v) is 6.68. The van der Waals surface area contributed by atoms with Crippen LogP contribution in [0.3, 0.4) is 0 Å². The van der Waals surface area contributed by atoms with Crippen LogP contribution in [-0.2, 0) is 22.4 Å². The summed E-state index contributed by atoms with van der Waals surface area (Å²) in [6, 6.07) is 28.3.